The van der Waals surface area contributed by atoms with Gasteiger partial charge < -0.3 is 0 Å². The summed E-state index contributed by atoms with van der Waals surface area (Å²) in [6, 6.07) is 8.06. The largest absolute Gasteiger partial charge is 0.294 e. The van der Waals surface area contributed by atoms with Crippen molar-refractivity contribution >= 4 is 5.78 Å². The van der Waals surface area contributed by atoms with E-state index in [1.165, 1.54) is 5.56 Å². The molecule has 0 spiro atoms. The van der Waals surface area contributed by atoms with Crippen LogP contribution in [-0.4, -0.2) is 5.78 Å². The molecule has 2 rings (SSSR count). The molecule has 1 nitrogen and oxygen atoms in total. The highest BCUT2D eigenvalue weighted by atomic mass is 16.1. The van der Waals surface area contributed by atoms with Crippen molar-refractivity contribution in [2.24, 2.45) is 5.41 Å². The van der Waals surface area contributed by atoms with Crippen LogP contribution in [0.1, 0.15) is 49.0 Å². The predicted molar refractivity (Wildman–Crippen MR) is 62.1 cm³/mol. The maximum Gasteiger partial charge on any atom is 0.169 e. The Labute approximate surface area is 91.5 Å². The number of Topliss-reactive ketones (excluding diaryl/α,β-unsaturated/α-hetero) is 1. The third kappa shape index (κ3) is 1.50. The molecule has 1 aliphatic carbocycles. The van der Waals surface area contributed by atoms with Crippen LogP contribution in [0.4, 0.5) is 0 Å². The summed E-state index contributed by atoms with van der Waals surface area (Å²) < 4.78 is 0. The number of fused-ring (bicyclic) bond motifs is 1. The van der Waals surface area contributed by atoms with E-state index in [1.54, 1.807) is 0 Å². The quantitative estimate of drug-likeness (QED) is 0.715. The van der Waals surface area contributed by atoms with Crippen LogP contribution in [0.5, 0.6) is 0 Å². The van der Waals surface area contributed by atoms with Crippen molar-refractivity contribution in [3.05, 3.63) is 35.4 Å². The van der Waals surface area contributed by atoms with E-state index in [1.807, 2.05) is 18.2 Å². The van der Waals surface area contributed by atoms with E-state index in [0.29, 0.717) is 5.78 Å². The second-order valence-electron chi connectivity index (χ2n) is 4.47. The van der Waals surface area contributed by atoms with Crippen LogP contribution >= 0.6 is 0 Å². The van der Waals surface area contributed by atoms with Crippen LogP contribution in [0.25, 0.3) is 0 Å². The van der Waals surface area contributed by atoms with Gasteiger partial charge in [-0.3, -0.25) is 4.79 Å². The third-order valence-electron chi connectivity index (χ3n) is 3.97. The number of aryl methyl sites for hydroxylation is 1. The number of ketones is 1. The Hall–Kier alpha value is -1.11. The van der Waals surface area contributed by atoms with E-state index in [4.69, 9.17) is 0 Å². The first-order valence-electron chi connectivity index (χ1n) is 5.86. The van der Waals surface area contributed by atoms with Gasteiger partial charge in [0, 0.05) is 11.0 Å². The zero-order valence-electron chi connectivity index (χ0n) is 9.55. The zero-order valence-corrected chi connectivity index (χ0v) is 9.55. The van der Waals surface area contributed by atoms with Crippen LogP contribution in [-0.2, 0) is 6.42 Å². The lowest BCUT2D eigenvalue weighted by atomic mass is 9.67. The number of benzene rings is 1. The summed E-state index contributed by atoms with van der Waals surface area (Å²) in [6.07, 6.45) is 4.02. The lowest BCUT2D eigenvalue weighted by Gasteiger charge is -2.35. The fraction of sp³-hybridized carbons (Fsp3) is 0.500. The van der Waals surface area contributed by atoms with Crippen molar-refractivity contribution in [1.29, 1.82) is 0 Å². The minimum atomic E-state index is -0.0750. The maximum atomic E-state index is 12.4. The van der Waals surface area contributed by atoms with E-state index in [9.17, 15) is 4.79 Å². The van der Waals surface area contributed by atoms with E-state index in [2.05, 4.69) is 19.9 Å². The van der Waals surface area contributed by atoms with E-state index < -0.39 is 0 Å². The molecule has 15 heavy (non-hydrogen) atoms. The molecule has 0 radical (unpaired) electrons. The van der Waals surface area contributed by atoms with Gasteiger partial charge in [-0.25, -0.2) is 0 Å². The normalized spacial score (nSPS) is 18.7. The van der Waals surface area contributed by atoms with E-state index >= 15 is 0 Å². The van der Waals surface area contributed by atoms with Crippen LogP contribution in [0.2, 0.25) is 0 Å². The van der Waals surface area contributed by atoms with Crippen LogP contribution < -0.4 is 0 Å². The fourth-order valence-corrected chi connectivity index (χ4v) is 2.66. The van der Waals surface area contributed by atoms with Crippen molar-refractivity contribution in [3.63, 3.8) is 0 Å². The van der Waals surface area contributed by atoms with Gasteiger partial charge in [-0.15, -0.1) is 0 Å². The summed E-state index contributed by atoms with van der Waals surface area (Å²) in [6.45, 7) is 4.27. The molecule has 1 aromatic rings. The SMILES string of the molecule is CCC1(CC)CCc2ccccc2C1=O. The molecule has 1 aliphatic rings. The Balaban J connectivity index is 2.45. The van der Waals surface area contributed by atoms with Gasteiger partial charge in [0.2, 0.25) is 0 Å². The first-order chi connectivity index (χ1) is 7.23. The molecule has 0 atom stereocenters. The Kier molecular flexibility index (Phi) is 2.64. The Morgan fingerprint density at radius 3 is 2.53 bits per heavy atom. The maximum absolute atomic E-state index is 12.4. The highest BCUT2D eigenvalue weighted by Crippen LogP contribution is 2.40. The molecule has 0 saturated heterocycles. The smallest absolute Gasteiger partial charge is 0.169 e. The highest BCUT2D eigenvalue weighted by Gasteiger charge is 2.38. The average molecular weight is 202 g/mol. The molecule has 0 saturated carbocycles. The van der Waals surface area contributed by atoms with Crippen LogP contribution in [0.15, 0.2) is 24.3 Å². The standard InChI is InChI=1S/C14H18O/c1-3-14(4-2)10-9-11-7-5-6-8-12(11)13(14)15/h5-8H,3-4,9-10H2,1-2H3. The zero-order chi connectivity index (χ0) is 10.9. The fourth-order valence-electron chi connectivity index (χ4n) is 2.66. The summed E-state index contributed by atoms with van der Waals surface area (Å²) in [7, 11) is 0. The molecule has 0 bridgehead atoms. The first-order valence-corrected chi connectivity index (χ1v) is 5.86. The average Bonchev–Trinajstić information content (AvgIpc) is 2.31. The Morgan fingerprint density at radius 2 is 1.87 bits per heavy atom. The topological polar surface area (TPSA) is 17.1 Å². The van der Waals surface area contributed by atoms with Gasteiger partial charge >= 0.3 is 0 Å². The third-order valence-corrected chi connectivity index (χ3v) is 3.97. The first kappa shape index (κ1) is 10.4. The Morgan fingerprint density at radius 1 is 1.20 bits per heavy atom. The summed E-state index contributed by atoms with van der Waals surface area (Å²) in [5.74, 6) is 0.370. The minimum absolute atomic E-state index is 0.0750. The monoisotopic (exact) mass is 202 g/mol. The number of hydrogen-bond donors (Lipinski definition) is 0. The lowest BCUT2D eigenvalue weighted by molar-refractivity contribution is 0.0738. The van der Waals surface area contributed by atoms with E-state index in [-0.39, 0.29) is 5.41 Å². The van der Waals surface area contributed by atoms with Crippen molar-refractivity contribution in [3.8, 4) is 0 Å². The van der Waals surface area contributed by atoms with Gasteiger partial charge in [-0.2, -0.15) is 0 Å². The Bertz CT molecular complexity index is 375. The van der Waals surface area contributed by atoms with Gasteiger partial charge in [0.1, 0.15) is 0 Å². The summed E-state index contributed by atoms with van der Waals surface area (Å²) in [5.41, 5.74) is 2.13. The molecule has 80 valence electrons. The van der Waals surface area contributed by atoms with Gasteiger partial charge in [0.25, 0.3) is 0 Å². The molecule has 0 amide bonds. The predicted octanol–water partition coefficient (Wildman–Crippen LogP) is 3.62. The highest BCUT2D eigenvalue weighted by molar-refractivity contribution is 6.02. The molecular formula is C14H18O. The molecule has 0 heterocycles. The summed E-state index contributed by atoms with van der Waals surface area (Å²) in [5, 5.41) is 0. The number of rotatable bonds is 2. The molecule has 0 N–H and O–H groups in total. The van der Waals surface area contributed by atoms with Crippen LogP contribution in [0, 0.1) is 5.41 Å². The second kappa shape index (κ2) is 3.80. The summed E-state index contributed by atoms with van der Waals surface area (Å²) in [4.78, 5) is 12.4. The minimum Gasteiger partial charge on any atom is -0.294 e. The molecule has 0 aromatic heterocycles. The van der Waals surface area contributed by atoms with Crippen molar-refractivity contribution in [2.75, 3.05) is 0 Å². The van der Waals surface area contributed by atoms with E-state index in [0.717, 1.165) is 31.2 Å². The molecule has 1 heteroatoms. The second-order valence-corrected chi connectivity index (χ2v) is 4.47. The molecule has 0 unspecified atom stereocenters. The van der Waals surface area contributed by atoms with Gasteiger partial charge in [0.05, 0.1) is 0 Å². The lowest BCUT2D eigenvalue weighted by Crippen LogP contribution is -2.34. The molecule has 0 fully saturated rings. The van der Waals surface area contributed by atoms with Crippen molar-refractivity contribution in [2.45, 2.75) is 39.5 Å². The molecular weight excluding hydrogens is 184 g/mol. The van der Waals surface area contributed by atoms with Crippen molar-refractivity contribution < 1.29 is 4.79 Å². The van der Waals surface area contributed by atoms with Gasteiger partial charge in [-0.1, -0.05) is 38.1 Å². The van der Waals surface area contributed by atoms with Crippen LogP contribution in [0.3, 0.4) is 0 Å². The summed E-state index contributed by atoms with van der Waals surface area (Å²) >= 11 is 0. The number of carbonyl (C=O) groups is 1. The van der Waals surface area contributed by atoms with Gasteiger partial charge in [-0.05, 0) is 31.2 Å². The van der Waals surface area contributed by atoms with Gasteiger partial charge in [0.15, 0.2) is 5.78 Å². The van der Waals surface area contributed by atoms with Crippen molar-refractivity contribution in [1.82, 2.24) is 0 Å². The molecule has 1 aromatic carbocycles. The number of carbonyl (C=O) groups excluding carboxylic acids is 1. The molecule has 0 aliphatic heterocycles. The number of hydrogen-bond acceptors (Lipinski definition) is 1.